The van der Waals surface area contributed by atoms with Crippen LogP contribution in [-0.4, -0.2) is 11.4 Å². The first-order valence-corrected chi connectivity index (χ1v) is 7.27. The molecule has 0 fully saturated rings. The fourth-order valence-corrected chi connectivity index (χ4v) is 2.14. The smallest absolute Gasteiger partial charge is 0.227 e. The highest BCUT2D eigenvalue weighted by atomic mass is 16.2. The van der Waals surface area contributed by atoms with Gasteiger partial charge in [0.05, 0.1) is 5.41 Å². The highest BCUT2D eigenvalue weighted by Gasteiger charge is 2.40. The van der Waals surface area contributed by atoms with E-state index in [2.05, 4.69) is 23.5 Å². The van der Waals surface area contributed by atoms with Crippen molar-refractivity contribution in [2.45, 2.75) is 39.8 Å². The Bertz CT molecular complexity index is 648. The molecule has 3 N–H and O–H groups in total. The fraction of sp³-hybridized carbons (Fsp3) is 0.389. The standard InChI is InChI=1S/C18H24N2O/c1-17(2,18(3,4)19)16(21)20-12-14-10-7-9-13-8-5-6-11-15(13)14/h5-11H,12,19H2,1-4H3,(H,20,21). The van der Waals surface area contributed by atoms with Crippen LogP contribution in [0.5, 0.6) is 0 Å². The Balaban J connectivity index is 2.18. The van der Waals surface area contributed by atoms with Crippen LogP contribution < -0.4 is 11.1 Å². The lowest BCUT2D eigenvalue weighted by Gasteiger charge is -2.36. The molecular weight excluding hydrogens is 260 g/mol. The SMILES string of the molecule is CC(C)(N)C(C)(C)C(=O)NCc1cccc2ccccc12. The van der Waals surface area contributed by atoms with Crippen LogP contribution in [0.3, 0.4) is 0 Å². The van der Waals surface area contributed by atoms with Crippen molar-refractivity contribution >= 4 is 16.7 Å². The molecule has 0 unspecified atom stereocenters. The molecule has 0 spiro atoms. The predicted octanol–water partition coefficient (Wildman–Crippen LogP) is 3.22. The highest BCUT2D eigenvalue weighted by molar-refractivity contribution is 5.87. The maximum Gasteiger partial charge on any atom is 0.227 e. The van der Waals surface area contributed by atoms with Gasteiger partial charge in [-0.1, -0.05) is 42.5 Å². The molecule has 0 saturated carbocycles. The van der Waals surface area contributed by atoms with E-state index in [1.165, 1.54) is 10.8 Å². The third-order valence-electron chi connectivity index (χ3n) is 4.50. The molecule has 0 aliphatic carbocycles. The van der Waals surface area contributed by atoms with E-state index in [1.807, 2.05) is 52.0 Å². The lowest BCUT2D eigenvalue weighted by Crippen LogP contribution is -2.55. The summed E-state index contributed by atoms with van der Waals surface area (Å²) in [6.45, 7) is 8.03. The maximum atomic E-state index is 12.4. The minimum Gasteiger partial charge on any atom is -0.351 e. The van der Waals surface area contributed by atoms with E-state index in [0.29, 0.717) is 6.54 Å². The first-order valence-electron chi connectivity index (χ1n) is 7.27. The Morgan fingerprint density at radius 3 is 2.33 bits per heavy atom. The summed E-state index contributed by atoms with van der Waals surface area (Å²) in [5.74, 6) is -0.0251. The molecule has 3 heteroatoms. The molecule has 0 atom stereocenters. The molecule has 112 valence electrons. The molecule has 2 rings (SSSR count). The molecule has 1 amide bonds. The lowest BCUT2D eigenvalue weighted by atomic mass is 9.74. The number of amides is 1. The Labute approximate surface area is 126 Å². The van der Waals surface area contributed by atoms with E-state index in [1.54, 1.807) is 0 Å². The third-order valence-corrected chi connectivity index (χ3v) is 4.50. The summed E-state index contributed by atoms with van der Waals surface area (Å²) in [6.07, 6.45) is 0. The Morgan fingerprint density at radius 1 is 1.05 bits per heavy atom. The van der Waals surface area contributed by atoms with Crippen molar-refractivity contribution in [2.75, 3.05) is 0 Å². The average Bonchev–Trinajstić information content (AvgIpc) is 2.43. The topological polar surface area (TPSA) is 55.1 Å². The predicted molar refractivity (Wildman–Crippen MR) is 87.8 cm³/mol. The van der Waals surface area contributed by atoms with E-state index < -0.39 is 11.0 Å². The zero-order valence-corrected chi connectivity index (χ0v) is 13.2. The summed E-state index contributed by atoms with van der Waals surface area (Å²) in [5.41, 5.74) is 6.03. The van der Waals surface area contributed by atoms with Crippen LogP contribution in [0.25, 0.3) is 10.8 Å². The molecule has 0 radical (unpaired) electrons. The maximum absolute atomic E-state index is 12.4. The van der Waals surface area contributed by atoms with Gasteiger partial charge in [-0.25, -0.2) is 0 Å². The number of fused-ring (bicyclic) bond motifs is 1. The van der Waals surface area contributed by atoms with Gasteiger partial charge in [0.1, 0.15) is 0 Å². The van der Waals surface area contributed by atoms with Crippen molar-refractivity contribution in [3.05, 3.63) is 48.0 Å². The van der Waals surface area contributed by atoms with Crippen LogP contribution in [0.2, 0.25) is 0 Å². The average molecular weight is 284 g/mol. The van der Waals surface area contributed by atoms with Gasteiger partial charge >= 0.3 is 0 Å². The van der Waals surface area contributed by atoms with Crippen LogP contribution in [0.15, 0.2) is 42.5 Å². The Kier molecular flexibility index (Phi) is 4.06. The number of benzene rings is 2. The summed E-state index contributed by atoms with van der Waals surface area (Å²) in [4.78, 5) is 12.4. The summed E-state index contributed by atoms with van der Waals surface area (Å²) < 4.78 is 0. The van der Waals surface area contributed by atoms with Gasteiger partial charge in [0, 0.05) is 12.1 Å². The van der Waals surface area contributed by atoms with E-state index >= 15 is 0 Å². The van der Waals surface area contributed by atoms with Gasteiger partial charge in [0.2, 0.25) is 5.91 Å². The summed E-state index contributed by atoms with van der Waals surface area (Å²) in [6, 6.07) is 14.3. The molecule has 0 heterocycles. The molecule has 0 bridgehead atoms. The van der Waals surface area contributed by atoms with Gasteiger partial charge in [-0.05, 0) is 44.0 Å². The van der Waals surface area contributed by atoms with Gasteiger partial charge < -0.3 is 11.1 Å². The second kappa shape index (κ2) is 5.49. The second-order valence-corrected chi connectivity index (χ2v) is 6.67. The van der Waals surface area contributed by atoms with Crippen molar-refractivity contribution in [1.82, 2.24) is 5.32 Å². The largest absolute Gasteiger partial charge is 0.351 e. The van der Waals surface area contributed by atoms with Gasteiger partial charge in [0.15, 0.2) is 0 Å². The van der Waals surface area contributed by atoms with Gasteiger partial charge in [-0.2, -0.15) is 0 Å². The highest BCUT2D eigenvalue weighted by Crippen LogP contribution is 2.28. The molecule has 0 aliphatic rings. The zero-order valence-electron chi connectivity index (χ0n) is 13.2. The van der Waals surface area contributed by atoms with Crippen LogP contribution in [0.1, 0.15) is 33.3 Å². The first-order chi connectivity index (χ1) is 9.73. The number of nitrogens with two attached hydrogens (primary N) is 1. The normalized spacial score (nSPS) is 12.4. The monoisotopic (exact) mass is 284 g/mol. The minimum absolute atomic E-state index is 0.0251. The van der Waals surface area contributed by atoms with Gasteiger partial charge in [-0.15, -0.1) is 0 Å². The summed E-state index contributed by atoms with van der Waals surface area (Å²) in [5, 5.41) is 5.37. The quantitative estimate of drug-likeness (QED) is 0.905. The zero-order chi connectivity index (χ0) is 15.7. The number of carbonyl (C=O) groups excluding carboxylic acids is 1. The van der Waals surface area contributed by atoms with Crippen molar-refractivity contribution < 1.29 is 4.79 Å². The molecule has 0 saturated heterocycles. The number of nitrogens with one attached hydrogen (secondary N) is 1. The van der Waals surface area contributed by atoms with E-state index in [-0.39, 0.29) is 5.91 Å². The van der Waals surface area contributed by atoms with Crippen molar-refractivity contribution in [3.63, 3.8) is 0 Å². The molecule has 2 aromatic rings. The summed E-state index contributed by atoms with van der Waals surface area (Å²) >= 11 is 0. The molecule has 21 heavy (non-hydrogen) atoms. The molecule has 0 aromatic heterocycles. The van der Waals surface area contributed by atoms with Crippen molar-refractivity contribution in [3.8, 4) is 0 Å². The van der Waals surface area contributed by atoms with Crippen LogP contribution in [0, 0.1) is 5.41 Å². The fourth-order valence-electron chi connectivity index (χ4n) is 2.14. The van der Waals surface area contributed by atoms with E-state index in [4.69, 9.17) is 5.73 Å². The number of carbonyl (C=O) groups is 1. The number of hydrogen-bond donors (Lipinski definition) is 2. The molecule has 2 aromatic carbocycles. The summed E-state index contributed by atoms with van der Waals surface area (Å²) in [7, 11) is 0. The van der Waals surface area contributed by atoms with E-state index in [0.717, 1.165) is 5.56 Å². The Morgan fingerprint density at radius 2 is 1.67 bits per heavy atom. The van der Waals surface area contributed by atoms with Crippen molar-refractivity contribution in [2.24, 2.45) is 11.1 Å². The lowest BCUT2D eigenvalue weighted by molar-refractivity contribution is -0.132. The van der Waals surface area contributed by atoms with Gasteiger partial charge in [0.25, 0.3) is 0 Å². The van der Waals surface area contributed by atoms with Gasteiger partial charge in [-0.3, -0.25) is 4.79 Å². The molecular formula is C18H24N2O. The second-order valence-electron chi connectivity index (χ2n) is 6.67. The molecule has 0 aliphatic heterocycles. The third kappa shape index (κ3) is 3.08. The first kappa shape index (κ1) is 15.5. The minimum atomic E-state index is -0.627. The van der Waals surface area contributed by atoms with Crippen LogP contribution >= 0.6 is 0 Å². The van der Waals surface area contributed by atoms with Crippen molar-refractivity contribution in [1.29, 1.82) is 0 Å². The van der Waals surface area contributed by atoms with Crippen LogP contribution in [0.4, 0.5) is 0 Å². The number of rotatable bonds is 4. The van der Waals surface area contributed by atoms with Crippen LogP contribution in [-0.2, 0) is 11.3 Å². The Hall–Kier alpha value is -1.87. The number of hydrogen-bond acceptors (Lipinski definition) is 2. The molecule has 3 nitrogen and oxygen atoms in total. The van der Waals surface area contributed by atoms with E-state index in [9.17, 15) is 4.79 Å².